The van der Waals surface area contributed by atoms with Gasteiger partial charge in [-0.2, -0.15) is 0 Å². The number of unbranched alkanes of at least 4 members (excludes halogenated alkanes) is 2. The molecule has 5 heteroatoms. The van der Waals surface area contributed by atoms with Gasteiger partial charge in [0.25, 0.3) is 0 Å². The zero-order valence-electron chi connectivity index (χ0n) is 9.24. The maximum Gasteiger partial charge on any atom is 0.303 e. The molecule has 0 aromatic heterocycles. The molecular formula is C10H21O4P. The molecule has 0 saturated carbocycles. The van der Waals surface area contributed by atoms with E-state index < -0.39 is 11.9 Å². The number of aliphatic carboxylic acids is 2. The predicted octanol–water partition coefficient (Wildman–Crippen LogP) is 2.38. The summed E-state index contributed by atoms with van der Waals surface area (Å²) in [7, 11) is 2.70. The summed E-state index contributed by atoms with van der Waals surface area (Å²) >= 11 is 0. The van der Waals surface area contributed by atoms with Crippen LogP contribution in [-0.2, 0) is 9.59 Å². The van der Waals surface area contributed by atoms with Crippen molar-refractivity contribution in [3.05, 3.63) is 0 Å². The molecule has 0 aromatic rings. The zero-order chi connectivity index (χ0) is 12.1. The normalized spacial score (nSPS) is 8.93. The molecule has 0 aliphatic heterocycles. The topological polar surface area (TPSA) is 74.6 Å². The number of carboxylic acid groups (broad SMARTS) is 2. The molecule has 2 N–H and O–H groups in total. The third-order valence-corrected chi connectivity index (χ3v) is 2.00. The molecule has 0 saturated heterocycles. The van der Waals surface area contributed by atoms with E-state index in [4.69, 9.17) is 10.2 Å². The van der Waals surface area contributed by atoms with Crippen molar-refractivity contribution in [1.29, 1.82) is 0 Å². The maximum absolute atomic E-state index is 9.90. The second-order valence-corrected chi connectivity index (χ2v) is 3.71. The van der Waals surface area contributed by atoms with Crippen molar-refractivity contribution in [1.82, 2.24) is 0 Å². The van der Waals surface area contributed by atoms with Gasteiger partial charge >= 0.3 is 11.9 Å². The molecule has 0 bridgehead atoms. The van der Waals surface area contributed by atoms with E-state index in [9.17, 15) is 9.59 Å². The van der Waals surface area contributed by atoms with Gasteiger partial charge in [0.2, 0.25) is 0 Å². The summed E-state index contributed by atoms with van der Waals surface area (Å²) < 4.78 is 0. The van der Waals surface area contributed by atoms with Crippen molar-refractivity contribution in [3.8, 4) is 0 Å². The van der Waals surface area contributed by atoms with Crippen molar-refractivity contribution in [3.63, 3.8) is 0 Å². The Morgan fingerprint density at radius 1 is 1.00 bits per heavy atom. The van der Waals surface area contributed by atoms with Crippen LogP contribution in [0.3, 0.4) is 0 Å². The van der Waals surface area contributed by atoms with Gasteiger partial charge in [-0.1, -0.05) is 19.8 Å². The van der Waals surface area contributed by atoms with Crippen LogP contribution in [0.2, 0.25) is 0 Å². The highest BCUT2D eigenvalue weighted by molar-refractivity contribution is 7.16. The van der Waals surface area contributed by atoms with Crippen molar-refractivity contribution in [2.24, 2.45) is 0 Å². The summed E-state index contributed by atoms with van der Waals surface area (Å²) in [6.45, 7) is 2.20. The van der Waals surface area contributed by atoms with Crippen LogP contribution in [-0.4, -0.2) is 28.3 Å². The average Bonchev–Trinajstić information content (AvgIpc) is 2.14. The number of carbonyl (C=O) groups is 2. The lowest BCUT2D eigenvalue weighted by Gasteiger charge is -1.92. The van der Waals surface area contributed by atoms with Crippen LogP contribution >= 0.6 is 9.24 Å². The van der Waals surface area contributed by atoms with E-state index in [1.807, 2.05) is 0 Å². The number of hydrogen-bond donors (Lipinski definition) is 2. The van der Waals surface area contributed by atoms with Gasteiger partial charge in [-0.3, -0.25) is 9.59 Å². The van der Waals surface area contributed by atoms with E-state index in [1.54, 1.807) is 0 Å². The molecular weight excluding hydrogens is 215 g/mol. The highest BCUT2D eigenvalue weighted by atomic mass is 31.0. The van der Waals surface area contributed by atoms with E-state index >= 15 is 0 Å². The molecule has 15 heavy (non-hydrogen) atoms. The molecule has 1 atom stereocenters. The Bertz CT molecular complexity index is 153. The summed E-state index contributed by atoms with van der Waals surface area (Å²) in [5, 5.41) is 16.3. The Kier molecular flexibility index (Phi) is 15.0. The lowest BCUT2D eigenvalue weighted by atomic mass is 10.2. The van der Waals surface area contributed by atoms with Crippen LogP contribution in [0.5, 0.6) is 0 Å². The van der Waals surface area contributed by atoms with Crippen LogP contribution in [0.15, 0.2) is 0 Å². The monoisotopic (exact) mass is 236 g/mol. The van der Waals surface area contributed by atoms with Gasteiger partial charge in [-0.05, 0) is 19.0 Å². The average molecular weight is 236 g/mol. The van der Waals surface area contributed by atoms with Gasteiger partial charge in [0.05, 0.1) is 0 Å². The second-order valence-electron chi connectivity index (χ2n) is 3.14. The smallest absolute Gasteiger partial charge is 0.303 e. The summed E-state index contributed by atoms with van der Waals surface area (Å²) in [5.74, 6) is -1.74. The van der Waals surface area contributed by atoms with Crippen molar-refractivity contribution < 1.29 is 19.8 Å². The predicted molar refractivity (Wildman–Crippen MR) is 63.2 cm³/mol. The molecule has 0 spiro atoms. The van der Waals surface area contributed by atoms with E-state index in [1.165, 1.54) is 19.0 Å². The Hall–Kier alpha value is -0.630. The number of carboxylic acids is 2. The minimum Gasteiger partial charge on any atom is -0.481 e. The first-order valence-corrected chi connectivity index (χ1v) is 5.99. The minimum absolute atomic E-state index is 0.0628. The second kappa shape index (κ2) is 13.4. The fourth-order valence-electron chi connectivity index (χ4n) is 0.757. The summed E-state index contributed by atoms with van der Waals surface area (Å²) in [6, 6.07) is 0. The standard InChI is InChI=1S/C6H10O4.C4H11P/c7-5(8)3-1-2-4-6(9)10;1-2-3-4-5/h1-4H2,(H,7,8)(H,9,10);2-5H2,1H3. The Morgan fingerprint density at radius 3 is 1.53 bits per heavy atom. The lowest BCUT2D eigenvalue weighted by molar-refractivity contribution is -0.139. The molecule has 90 valence electrons. The molecule has 0 heterocycles. The summed E-state index contributed by atoms with van der Waals surface area (Å²) in [6.07, 6.45) is 4.95. The number of rotatable bonds is 7. The lowest BCUT2D eigenvalue weighted by Crippen LogP contribution is -1.97. The van der Waals surface area contributed by atoms with Crippen molar-refractivity contribution in [2.45, 2.75) is 45.4 Å². The van der Waals surface area contributed by atoms with Gasteiger partial charge in [0.15, 0.2) is 0 Å². The molecule has 0 radical (unpaired) electrons. The Balaban J connectivity index is 0. The van der Waals surface area contributed by atoms with Crippen LogP contribution in [0.25, 0.3) is 0 Å². The minimum atomic E-state index is -0.870. The largest absolute Gasteiger partial charge is 0.481 e. The quantitative estimate of drug-likeness (QED) is 0.525. The van der Waals surface area contributed by atoms with Gasteiger partial charge in [-0.15, -0.1) is 9.24 Å². The summed E-state index contributed by atoms with van der Waals surface area (Å²) in [5.41, 5.74) is 0. The van der Waals surface area contributed by atoms with Gasteiger partial charge in [-0.25, -0.2) is 0 Å². The zero-order valence-corrected chi connectivity index (χ0v) is 10.4. The first-order chi connectivity index (χ1) is 7.04. The maximum atomic E-state index is 9.90. The molecule has 0 aliphatic rings. The van der Waals surface area contributed by atoms with Crippen molar-refractivity contribution >= 4 is 21.2 Å². The molecule has 0 aromatic carbocycles. The molecule has 0 rings (SSSR count). The van der Waals surface area contributed by atoms with Crippen LogP contribution in [0, 0.1) is 0 Å². The highest BCUT2D eigenvalue weighted by Crippen LogP contribution is 1.98. The van der Waals surface area contributed by atoms with E-state index in [-0.39, 0.29) is 12.8 Å². The first-order valence-electron chi connectivity index (χ1n) is 5.18. The van der Waals surface area contributed by atoms with E-state index in [2.05, 4.69) is 16.2 Å². The molecule has 0 amide bonds. The van der Waals surface area contributed by atoms with E-state index in [0.717, 1.165) is 0 Å². The highest BCUT2D eigenvalue weighted by Gasteiger charge is 1.99. The van der Waals surface area contributed by atoms with Crippen LogP contribution in [0.1, 0.15) is 45.4 Å². The fraction of sp³-hybridized carbons (Fsp3) is 0.800. The van der Waals surface area contributed by atoms with Crippen molar-refractivity contribution in [2.75, 3.05) is 6.16 Å². The molecule has 4 nitrogen and oxygen atoms in total. The molecule has 1 unspecified atom stereocenters. The Morgan fingerprint density at radius 2 is 1.40 bits per heavy atom. The van der Waals surface area contributed by atoms with Gasteiger partial charge in [0.1, 0.15) is 0 Å². The fourth-order valence-corrected chi connectivity index (χ4v) is 1.16. The van der Waals surface area contributed by atoms with Crippen LogP contribution in [0.4, 0.5) is 0 Å². The third kappa shape index (κ3) is 24.7. The van der Waals surface area contributed by atoms with Crippen LogP contribution < -0.4 is 0 Å². The number of hydrogen-bond acceptors (Lipinski definition) is 2. The first kappa shape index (κ1) is 16.8. The van der Waals surface area contributed by atoms with Gasteiger partial charge in [0, 0.05) is 12.8 Å². The molecule has 0 fully saturated rings. The summed E-state index contributed by atoms with van der Waals surface area (Å²) in [4.78, 5) is 19.8. The van der Waals surface area contributed by atoms with Gasteiger partial charge < -0.3 is 10.2 Å². The van der Waals surface area contributed by atoms with E-state index in [0.29, 0.717) is 12.8 Å². The third-order valence-electron chi connectivity index (χ3n) is 1.59. The molecule has 0 aliphatic carbocycles. The SMILES string of the molecule is CCCCP.O=C(O)CCCCC(=O)O. The Labute approximate surface area is 93.3 Å².